The molecule has 0 aromatic carbocycles. The molecule has 1 aliphatic rings. The van der Waals surface area contributed by atoms with Crippen LogP contribution in [0, 0.1) is 0 Å². The molecule has 4 heteroatoms. The molecule has 1 rings (SSSR count). The van der Waals surface area contributed by atoms with Gasteiger partial charge in [0.25, 0.3) is 5.82 Å². The summed E-state index contributed by atoms with van der Waals surface area (Å²) in [6.45, 7) is -1.87. The second-order valence-electron chi connectivity index (χ2n) is 2.12. The first-order valence-corrected chi connectivity index (χ1v) is 2.65. The van der Waals surface area contributed by atoms with Crippen LogP contribution in [0.5, 0.6) is 0 Å². The Morgan fingerprint density at radius 2 is 2.00 bits per heavy atom. The lowest BCUT2D eigenvalue weighted by Gasteiger charge is -2.05. The van der Waals surface area contributed by atoms with Crippen molar-refractivity contribution in [3.8, 4) is 0 Å². The smallest absolute Gasteiger partial charge is 0.328 e. The van der Waals surface area contributed by atoms with E-state index in [0.29, 0.717) is 6.42 Å². The Morgan fingerprint density at radius 3 is 2.12 bits per heavy atom. The van der Waals surface area contributed by atoms with Crippen molar-refractivity contribution in [1.82, 2.24) is 0 Å². The summed E-state index contributed by atoms with van der Waals surface area (Å²) in [6.07, 6.45) is 0.0926. The zero-order valence-electron chi connectivity index (χ0n) is 4.33. The standard InChI is InChI=1S/C4H6BF3/c6-4(7)2-1-3-5(4)8/h1-3H2. The Labute approximate surface area is 46.2 Å². The molecular weight excluding hydrogens is 116 g/mol. The normalized spacial score (nSPS) is 26.6. The van der Waals surface area contributed by atoms with E-state index in [9.17, 15) is 13.1 Å². The Kier molecular flexibility index (Phi) is 1.25. The molecule has 1 fully saturated rings. The molecule has 0 bridgehead atoms. The number of halogens is 3. The largest absolute Gasteiger partial charge is 0.426 e. The maximum Gasteiger partial charge on any atom is 0.426 e. The second-order valence-corrected chi connectivity index (χ2v) is 2.12. The molecule has 0 atom stereocenters. The molecule has 0 amide bonds. The highest BCUT2D eigenvalue weighted by Crippen LogP contribution is 2.34. The summed E-state index contributed by atoms with van der Waals surface area (Å²) in [4.78, 5) is 0. The lowest BCUT2D eigenvalue weighted by atomic mass is 9.67. The average Bonchev–Trinajstić information content (AvgIpc) is 1.86. The zero-order valence-corrected chi connectivity index (χ0v) is 4.33. The van der Waals surface area contributed by atoms with Crippen molar-refractivity contribution in [2.45, 2.75) is 25.0 Å². The highest BCUT2D eigenvalue weighted by Gasteiger charge is 2.48. The first kappa shape index (κ1) is 5.98. The van der Waals surface area contributed by atoms with E-state index in [0.717, 1.165) is 0 Å². The highest BCUT2D eigenvalue weighted by atomic mass is 19.3. The van der Waals surface area contributed by atoms with Gasteiger partial charge in [0.2, 0.25) is 0 Å². The lowest BCUT2D eigenvalue weighted by molar-refractivity contribution is 0.0797. The van der Waals surface area contributed by atoms with E-state index in [4.69, 9.17) is 0 Å². The van der Waals surface area contributed by atoms with Crippen molar-refractivity contribution in [2.24, 2.45) is 0 Å². The van der Waals surface area contributed by atoms with Gasteiger partial charge < -0.3 is 4.32 Å². The van der Waals surface area contributed by atoms with E-state index in [1.54, 1.807) is 0 Å². The third-order valence-electron chi connectivity index (χ3n) is 1.43. The van der Waals surface area contributed by atoms with E-state index >= 15 is 0 Å². The van der Waals surface area contributed by atoms with E-state index in [1.807, 2.05) is 0 Å². The fourth-order valence-electron chi connectivity index (χ4n) is 0.885. The molecule has 0 nitrogen and oxygen atoms in total. The fourth-order valence-corrected chi connectivity index (χ4v) is 0.885. The van der Waals surface area contributed by atoms with Crippen LogP contribution in [-0.2, 0) is 0 Å². The third kappa shape index (κ3) is 0.835. The zero-order chi connectivity index (χ0) is 6.20. The van der Waals surface area contributed by atoms with E-state index < -0.39 is 12.8 Å². The molecule has 0 aromatic rings. The highest BCUT2D eigenvalue weighted by molar-refractivity contribution is 6.54. The number of hydrogen-bond acceptors (Lipinski definition) is 0. The van der Waals surface area contributed by atoms with Gasteiger partial charge in [0.05, 0.1) is 0 Å². The maximum absolute atomic E-state index is 12.0. The minimum atomic E-state index is -3.01. The molecule has 0 spiro atoms. The van der Waals surface area contributed by atoms with Crippen LogP contribution in [0.4, 0.5) is 13.1 Å². The van der Waals surface area contributed by atoms with Crippen LogP contribution in [0.1, 0.15) is 12.8 Å². The second kappa shape index (κ2) is 1.67. The minimum absolute atomic E-state index is 0.0347. The van der Waals surface area contributed by atoms with Crippen molar-refractivity contribution < 1.29 is 13.1 Å². The van der Waals surface area contributed by atoms with E-state index in [2.05, 4.69) is 0 Å². The van der Waals surface area contributed by atoms with Gasteiger partial charge in [-0.05, 0) is 6.32 Å². The van der Waals surface area contributed by atoms with Crippen LogP contribution < -0.4 is 0 Å². The number of hydrogen-bond donors (Lipinski definition) is 0. The lowest BCUT2D eigenvalue weighted by Crippen LogP contribution is -2.27. The van der Waals surface area contributed by atoms with Gasteiger partial charge in [0.15, 0.2) is 0 Å². The van der Waals surface area contributed by atoms with Gasteiger partial charge in [-0.3, -0.25) is 0 Å². The molecule has 0 aliphatic carbocycles. The fraction of sp³-hybridized carbons (Fsp3) is 1.00. The molecule has 1 heterocycles. The van der Waals surface area contributed by atoms with Gasteiger partial charge >= 0.3 is 6.99 Å². The van der Waals surface area contributed by atoms with Crippen molar-refractivity contribution >= 4 is 6.99 Å². The minimum Gasteiger partial charge on any atom is -0.328 e. The molecule has 0 N–H and O–H groups in total. The van der Waals surface area contributed by atoms with E-state index in [1.165, 1.54) is 0 Å². The summed E-state index contributed by atoms with van der Waals surface area (Å²) in [5, 5.41) is 0. The molecule has 1 aliphatic heterocycles. The summed E-state index contributed by atoms with van der Waals surface area (Å²) in [7, 11) is 0. The summed E-state index contributed by atoms with van der Waals surface area (Å²) in [5.74, 6) is -3.01. The van der Waals surface area contributed by atoms with Gasteiger partial charge in [0.1, 0.15) is 0 Å². The first-order valence-electron chi connectivity index (χ1n) is 2.65. The molecule has 0 radical (unpaired) electrons. The predicted octanol–water partition coefficient (Wildman–Crippen LogP) is 1.92. The van der Waals surface area contributed by atoms with Gasteiger partial charge in [-0.15, -0.1) is 0 Å². The van der Waals surface area contributed by atoms with Crippen molar-refractivity contribution in [1.29, 1.82) is 0 Å². The first-order chi connectivity index (χ1) is 3.63. The SMILES string of the molecule is FB1CCCC1(F)F. The molecule has 0 saturated carbocycles. The van der Waals surface area contributed by atoms with Gasteiger partial charge in [-0.2, -0.15) is 0 Å². The van der Waals surface area contributed by atoms with Crippen LogP contribution in [0.3, 0.4) is 0 Å². The molecule has 0 aromatic heterocycles. The van der Waals surface area contributed by atoms with Gasteiger partial charge in [-0.25, -0.2) is 8.78 Å². The van der Waals surface area contributed by atoms with Crippen LogP contribution in [0.2, 0.25) is 6.32 Å². The van der Waals surface area contributed by atoms with Crippen molar-refractivity contribution in [3.63, 3.8) is 0 Å². The molecule has 8 heavy (non-hydrogen) atoms. The van der Waals surface area contributed by atoms with Gasteiger partial charge in [-0.1, -0.05) is 6.42 Å². The van der Waals surface area contributed by atoms with E-state index in [-0.39, 0.29) is 12.7 Å². The van der Waals surface area contributed by atoms with Crippen LogP contribution in [0.25, 0.3) is 0 Å². The summed E-state index contributed by atoms with van der Waals surface area (Å²) >= 11 is 0. The van der Waals surface area contributed by atoms with Crippen LogP contribution in [0.15, 0.2) is 0 Å². The van der Waals surface area contributed by atoms with Gasteiger partial charge in [0, 0.05) is 6.42 Å². The average molecular weight is 122 g/mol. The third-order valence-corrected chi connectivity index (χ3v) is 1.43. The summed E-state index contributed by atoms with van der Waals surface area (Å²) in [5.41, 5.74) is 0. The summed E-state index contributed by atoms with van der Waals surface area (Å²) < 4.78 is 35.9. The molecule has 0 unspecified atom stereocenters. The van der Waals surface area contributed by atoms with Crippen LogP contribution in [-0.4, -0.2) is 12.8 Å². The van der Waals surface area contributed by atoms with Crippen molar-refractivity contribution in [2.75, 3.05) is 0 Å². The number of alkyl halides is 2. The Hall–Kier alpha value is -0.145. The maximum atomic E-state index is 12.0. The predicted molar refractivity (Wildman–Crippen MR) is 25.8 cm³/mol. The Balaban J connectivity index is 2.54. The molecule has 1 saturated heterocycles. The molecular formula is C4H6BF3. The quantitative estimate of drug-likeness (QED) is 0.430. The van der Waals surface area contributed by atoms with Crippen molar-refractivity contribution in [3.05, 3.63) is 0 Å². The summed E-state index contributed by atoms with van der Waals surface area (Å²) in [6, 6.07) is 0. The van der Waals surface area contributed by atoms with Crippen LogP contribution >= 0.6 is 0 Å². The molecule has 46 valence electrons. The number of rotatable bonds is 0. The topological polar surface area (TPSA) is 0 Å². The Bertz CT molecular complexity index is 93.3. The monoisotopic (exact) mass is 122 g/mol. The Morgan fingerprint density at radius 1 is 1.38 bits per heavy atom.